The van der Waals surface area contributed by atoms with Crippen molar-refractivity contribution in [2.24, 2.45) is 0 Å². The van der Waals surface area contributed by atoms with E-state index in [-0.39, 0.29) is 0 Å². The van der Waals surface area contributed by atoms with Gasteiger partial charge in [-0.05, 0) is 0 Å². The average Bonchev–Trinajstić information content (AvgIpc) is 2.43. The summed E-state index contributed by atoms with van der Waals surface area (Å²) in [5, 5.41) is -0.574. The Kier molecular flexibility index (Phi) is 6.09. The second-order valence-corrected chi connectivity index (χ2v) is 18.6. The van der Waals surface area contributed by atoms with Gasteiger partial charge in [0.2, 0.25) is 0 Å². The average molecular weight is 538 g/mol. The maximum atomic E-state index is 14.1. The van der Waals surface area contributed by atoms with Gasteiger partial charge in [0, 0.05) is 0 Å². The van der Waals surface area contributed by atoms with Crippen LogP contribution in [0.2, 0.25) is 0 Å². The van der Waals surface area contributed by atoms with Crippen LogP contribution in [0.1, 0.15) is 13.8 Å². The molecule has 0 nitrogen and oxygen atoms in total. The van der Waals surface area contributed by atoms with Crippen LogP contribution in [0.4, 0.5) is 22.0 Å². The van der Waals surface area contributed by atoms with Gasteiger partial charge >= 0.3 is 142 Å². The second-order valence-electron chi connectivity index (χ2n) is 4.55. The third-order valence-corrected chi connectivity index (χ3v) is 17.8. The molecule has 1 aromatic rings. The number of rotatable bonds is 5. The third kappa shape index (κ3) is 2.83. The van der Waals surface area contributed by atoms with E-state index in [4.69, 9.17) is 0 Å². The van der Waals surface area contributed by atoms with Crippen molar-refractivity contribution in [1.29, 1.82) is 0 Å². The molecule has 0 fully saturated rings. The summed E-state index contributed by atoms with van der Waals surface area (Å²) in [4.78, 5) is 0. The molecule has 0 aliphatic rings. The zero-order chi connectivity index (χ0) is 15.7. The Morgan fingerprint density at radius 2 is 1.15 bits per heavy atom. The first-order chi connectivity index (χ1) is 9.16. The predicted molar refractivity (Wildman–Crippen MR) is 91.6 cm³/mol. The molecule has 0 radical (unpaired) electrons. The molecule has 0 saturated heterocycles. The summed E-state index contributed by atoms with van der Waals surface area (Å²) in [6.45, 7) is 3.50. The van der Waals surface area contributed by atoms with Crippen LogP contribution in [0.25, 0.3) is 0 Å². The summed E-state index contributed by atoms with van der Waals surface area (Å²) in [6, 6.07) is 0. The molecule has 0 spiro atoms. The summed E-state index contributed by atoms with van der Waals surface area (Å²) >= 11 is 4.05. The predicted octanol–water partition coefficient (Wildman–Crippen LogP) is 5.39. The number of alkyl halides is 1. The fourth-order valence-corrected chi connectivity index (χ4v) is 14.0. The molecule has 0 unspecified atom stereocenters. The van der Waals surface area contributed by atoms with Crippen molar-refractivity contribution in [1.82, 2.24) is 0 Å². The van der Waals surface area contributed by atoms with Gasteiger partial charge in [-0.1, -0.05) is 0 Å². The Morgan fingerprint density at radius 1 is 0.800 bits per heavy atom. The van der Waals surface area contributed by atoms with Crippen molar-refractivity contribution in [3.8, 4) is 0 Å². The standard InChI is InChI=1S/C12H14F5I2P/c1-3-20(19,4-2,6-5-18)12-10(16)8(14)7(13)9(15)11(12)17/h3-6H2,1-2H3. The Hall–Kier alpha value is 0.760. The quantitative estimate of drug-likeness (QED) is 0.118. The number of halogens is 7. The Labute approximate surface area is 141 Å². The van der Waals surface area contributed by atoms with Crippen LogP contribution in [-0.4, -0.2) is 22.9 Å². The molecule has 8 heteroatoms. The van der Waals surface area contributed by atoms with Gasteiger partial charge in [0.05, 0.1) is 0 Å². The topological polar surface area (TPSA) is 0 Å². The van der Waals surface area contributed by atoms with Crippen molar-refractivity contribution in [2.45, 2.75) is 13.8 Å². The minimum absolute atomic E-state index is 0.393. The first-order valence-electron chi connectivity index (χ1n) is 5.97. The molecular weight excluding hydrogens is 524 g/mol. The molecule has 0 bridgehead atoms. The van der Waals surface area contributed by atoms with Crippen LogP contribution in [0, 0.1) is 29.1 Å². The van der Waals surface area contributed by atoms with Crippen molar-refractivity contribution in [3.63, 3.8) is 0 Å². The molecule has 1 aromatic carbocycles. The molecule has 0 heterocycles. The molecule has 0 N–H and O–H groups in total. The van der Waals surface area contributed by atoms with E-state index in [1.165, 1.54) is 0 Å². The van der Waals surface area contributed by atoms with Gasteiger partial charge in [0.1, 0.15) is 0 Å². The van der Waals surface area contributed by atoms with Crippen molar-refractivity contribution in [2.75, 3.05) is 22.9 Å². The van der Waals surface area contributed by atoms with Gasteiger partial charge in [-0.15, -0.1) is 0 Å². The number of hydrogen-bond acceptors (Lipinski definition) is 0. The molecule has 0 atom stereocenters. The first-order valence-corrected chi connectivity index (χ1v) is 13.1. The molecule has 0 amide bonds. The van der Waals surface area contributed by atoms with Crippen LogP contribution in [-0.2, 0) is 0 Å². The normalized spacial score (nSPS) is 14.2. The second kappa shape index (κ2) is 6.48. The molecule has 0 aliphatic heterocycles. The Bertz CT molecular complexity index is 502. The van der Waals surface area contributed by atoms with Gasteiger partial charge in [-0.25, -0.2) is 0 Å². The number of hydrogen-bond donors (Lipinski definition) is 0. The van der Waals surface area contributed by atoms with Gasteiger partial charge in [-0.3, -0.25) is 0 Å². The fraction of sp³-hybridized carbons (Fsp3) is 0.500. The van der Waals surface area contributed by atoms with Crippen LogP contribution in [0.3, 0.4) is 0 Å². The molecule has 116 valence electrons. The van der Waals surface area contributed by atoms with E-state index in [2.05, 4.69) is 22.6 Å². The minimum atomic E-state index is -3.22. The van der Waals surface area contributed by atoms with E-state index >= 15 is 0 Å². The SMILES string of the molecule is CCP(I)(CC)(CCI)c1c(F)c(F)c(F)c(F)c1F. The molecule has 1 rings (SSSR count). The van der Waals surface area contributed by atoms with E-state index in [1.807, 2.05) is 22.0 Å². The zero-order valence-corrected chi connectivity index (χ0v) is 16.1. The Morgan fingerprint density at radius 3 is 1.45 bits per heavy atom. The van der Waals surface area contributed by atoms with Gasteiger partial charge in [0.25, 0.3) is 0 Å². The molecule has 20 heavy (non-hydrogen) atoms. The summed E-state index contributed by atoms with van der Waals surface area (Å²) in [5.74, 6) is -9.12. The summed E-state index contributed by atoms with van der Waals surface area (Å²) in [5.41, 5.74) is 0. The van der Waals surface area contributed by atoms with E-state index in [9.17, 15) is 22.0 Å². The van der Waals surface area contributed by atoms with E-state index in [0.29, 0.717) is 22.9 Å². The molecule has 0 aromatic heterocycles. The molecular formula is C12H14F5I2P. The van der Waals surface area contributed by atoms with Crippen LogP contribution >= 0.6 is 48.9 Å². The monoisotopic (exact) mass is 538 g/mol. The number of benzene rings is 1. The molecule has 0 saturated carbocycles. The van der Waals surface area contributed by atoms with Crippen molar-refractivity contribution < 1.29 is 22.0 Å². The van der Waals surface area contributed by atoms with Crippen LogP contribution < -0.4 is 5.30 Å². The van der Waals surface area contributed by atoms with Crippen molar-refractivity contribution in [3.05, 3.63) is 29.1 Å². The fourth-order valence-electron chi connectivity index (χ4n) is 2.25. The van der Waals surface area contributed by atoms with Crippen molar-refractivity contribution >= 4 is 54.2 Å². The van der Waals surface area contributed by atoms with Crippen LogP contribution in [0.15, 0.2) is 0 Å². The van der Waals surface area contributed by atoms with E-state index in [0.717, 1.165) is 0 Å². The summed E-state index contributed by atoms with van der Waals surface area (Å²) in [7, 11) is 0. The van der Waals surface area contributed by atoms with Crippen LogP contribution in [0.5, 0.6) is 0 Å². The van der Waals surface area contributed by atoms with E-state index in [1.54, 1.807) is 13.8 Å². The molecule has 0 aliphatic carbocycles. The first kappa shape index (κ1) is 18.8. The maximum absolute atomic E-state index is 14.1. The third-order valence-electron chi connectivity index (χ3n) is 3.79. The summed E-state index contributed by atoms with van der Waals surface area (Å²) in [6.07, 6.45) is 1.23. The summed E-state index contributed by atoms with van der Waals surface area (Å²) < 4.78 is 65.8. The van der Waals surface area contributed by atoms with Gasteiger partial charge in [0.15, 0.2) is 0 Å². The van der Waals surface area contributed by atoms with Gasteiger partial charge in [-0.2, -0.15) is 0 Å². The van der Waals surface area contributed by atoms with Gasteiger partial charge < -0.3 is 0 Å². The zero-order valence-electron chi connectivity index (χ0n) is 10.9. The van der Waals surface area contributed by atoms with E-state index < -0.39 is 38.6 Å². The Balaban J connectivity index is 3.84.